The van der Waals surface area contributed by atoms with Crippen molar-refractivity contribution in [1.29, 1.82) is 0 Å². The fraction of sp³-hybridized carbons (Fsp3) is 0.769. The van der Waals surface area contributed by atoms with Gasteiger partial charge < -0.3 is 10.2 Å². The fourth-order valence-electron chi connectivity index (χ4n) is 2.23. The third-order valence-electron chi connectivity index (χ3n) is 3.43. The third-order valence-corrected chi connectivity index (χ3v) is 4.46. The van der Waals surface area contributed by atoms with Crippen LogP contribution in [0.3, 0.4) is 0 Å². The molecule has 4 heteroatoms. The normalized spacial score (nSPS) is 18.0. The first-order valence-electron chi connectivity index (χ1n) is 6.66. The van der Waals surface area contributed by atoms with Crippen molar-refractivity contribution in [3.8, 4) is 0 Å². The second-order valence-corrected chi connectivity index (χ2v) is 6.05. The summed E-state index contributed by atoms with van der Waals surface area (Å²) in [4.78, 5) is 8.40. The summed E-state index contributed by atoms with van der Waals surface area (Å²) in [5.41, 5.74) is 1.16. The van der Waals surface area contributed by atoms with E-state index in [1.54, 1.807) is 11.3 Å². The summed E-state index contributed by atoms with van der Waals surface area (Å²) in [6, 6.07) is 0. The lowest BCUT2D eigenvalue weighted by atomic mass is 10.2. The van der Waals surface area contributed by atoms with Crippen LogP contribution in [0.5, 0.6) is 0 Å². The van der Waals surface area contributed by atoms with Crippen LogP contribution in [0.15, 0.2) is 0 Å². The van der Waals surface area contributed by atoms with Crippen molar-refractivity contribution in [2.45, 2.75) is 39.5 Å². The molecule has 1 aromatic heterocycles. The van der Waals surface area contributed by atoms with Gasteiger partial charge in [0.15, 0.2) is 5.13 Å². The molecule has 1 aromatic rings. The molecule has 0 atom stereocenters. The van der Waals surface area contributed by atoms with Gasteiger partial charge in [-0.15, -0.1) is 11.3 Å². The van der Waals surface area contributed by atoms with Crippen molar-refractivity contribution in [3.63, 3.8) is 0 Å². The van der Waals surface area contributed by atoms with Gasteiger partial charge in [-0.25, -0.2) is 4.98 Å². The molecule has 0 aliphatic carbocycles. The zero-order chi connectivity index (χ0) is 12.1. The monoisotopic (exact) mass is 253 g/mol. The molecule has 0 bridgehead atoms. The molecule has 1 N–H and O–H groups in total. The van der Waals surface area contributed by atoms with Crippen molar-refractivity contribution < 1.29 is 0 Å². The minimum absolute atomic E-state index is 1.02. The molecule has 2 heterocycles. The first kappa shape index (κ1) is 12.8. The van der Waals surface area contributed by atoms with Crippen LogP contribution in [-0.2, 0) is 0 Å². The van der Waals surface area contributed by atoms with E-state index >= 15 is 0 Å². The number of nitrogens with zero attached hydrogens (tertiary/aromatic N) is 2. The van der Waals surface area contributed by atoms with Crippen molar-refractivity contribution in [3.05, 3.63) is 10.6 Å². The summed E-state index contributed by atoms with van der Waals surface area (Å²) < 4.78 is 0. The number of aryl methyl sites for hydroxylation is 2. The largest absolute Gasteiger partial charge is 0.360 e. The van der Waals surface area contributed by atoms with Crippen LogP contribution in [0, 0.1) is 13.8 Å². The van der Waals surface area contributed by atoms with Gasteiger partial charge in [0.1, 0.15) is 0 Å². The smallest absolute Gasteiger partial charge is 0.183 e. The summed E-state index contributed by atoms with van der Waals surface area (Å²) in [6.45, 7) is 8.93. The minimum atomic E-state index is 1.02. The van der Waals surface area contributed by atoms with Crippen molar-refractivity contribution in [2.24, 2.45) is 0 Å². The highest BCUT2D eigenvalue weighted by molar-refractivity contribution is 7.15. The van der Waals surface area contributed by atoms with Crippen molar-refractivity contribution >= 4 is 16.5 Å². The third kappa shape index (κ3) is 3.96. The second-order valence-electron chi connectivity index (χ2n) is 4.84. The van der Waals surface area contributed by atoms with Crippen LogP contribution in [0.2, 0.25) is 0 Å². The quantitative estimate of drug-likeness (QED) is 0.894. The van der Waals surface area contributed by atoms with Gasteiger partial charge in [0, 0.05) is 18.0 Å². The molecule has 0 saturated carbocycles. The highest BCUT2D eigenvalue weighted by Crippen LogP contribution is 2.20. The van der Waals surface area contributed by atoms with Crippen LogP contribution < -0.4 is 5.32 Å². The maximum atomic E-state index is 4.50. The van der Waals surface area contributed by atoms with Gasteiger partial charge in [-0.05, 0) is 39.8 Å². The maximum Gasteiger partial charge on any atom is 0.183 e. The van der Waals surface area contributed by atoms with Crippen LogP contribution in [0.25, 0.3) is 0 Å². The van der Waals surface area contributed by atoms with Gasteiger partial charge in [-0.3, -0.25) is 0 Å². The molecule has 0 radical (unpaired) electrons. The number of likely N-dealkylation sites (tertiary alicyclic amines) is 1. The average Bonchev–Trinajstić information content (AvgIpc) is 2.55. The number of rotatable bonds is 4. The Morgan fingerprint density at radius 2 is 1.88 bits per heavy atom. The number of aromatic nitrogens is 1. The topological polar surface area (TPSA) is 28.2 Å². The van der Waals surface area contributed by atoms with Gasteiger partial charge in [-0.2, -0.15) is 0 Å². The predicted octanol–water partition coefficient (Wildman–Crippen LogP) is 3.05. The first-order chi connectivity index (χ1) is 8.25. The lowest BCUT2D eigenvalue weighted by molar-refractivity contribution is 0.296. The van der Waals surface area contributed by atoms with Gasteiger partial charge in [-0.1, -0.05) is 12.8 Å². The summed E-state index contributed by atoms with van der Waals surface area (Å²) in [5, 5.41) is 4.52. The van der Waals surface area contributed by atoms with E-state index in [1.165, 1.54) is 43.6 Å². The first-order valence-corrected chi connectivity index (χ1v) is 7.47. The highest BCUT2D eigenvalue weighted by Gasteiger charge is 2.08. The molecule has 1 fully saturated rings. The van der Waals surface area contributed by atoms with Gasteiger partial charge in [0.2, 0.25) is 0 Å². The van der Waals surface area contributed by atoms with Crippen LogP contribution in [0.4, 0.5) is 5.13 Å². The Balaban J connectivity index is 1.71. The molecule has 1 saturated heterocycles. The zero-order valence-electron chi connectivity index (χ0n) is 11.0. The maximum absolute atomic E-state index is 4.50. The van der Waals surface area contributed by atoms with E-state index in [0.717, 1.165) is 23.9 Å². The zero-order valence-corrected chi connectivity index (χ0v) is 11.8. The summed E-state index contributed by atoms with van der Waals surface area (Å²) in [6.07, 6.45) is 5.56. The summed E-state index contributed by atoms with van der Waals surface area (Å²) >= 11 is 1.76. The second kappa shape index (κ2) is 6.36. The van der Waals surface area contributed by atoms with E-state index in [0.29, 0.717) is 0 Å². The Bertz CT molecular complexity index is 321. The van der Waals surface area contributed by atoms with Crippen LogP contribution in [-0.4, -0.2) is 36.1 Å². The van der Waals surface area contributed by atoms with Gasteiger partial charge in [0.05, 0.1) is 5.69 Å². The van der Waals surface area contributed by atoms with Crippen molar-refractivity contribution in [2.75, 3.05) is 31.5 Å². The number of anilines is 1. The molecule has 1 aliphatic rings. The lowest BCUT2D eigenvalue weighted by Crippen LogP contribution is -2.29. The standard InChI is InChI=1S/C13H23N3S/c1-11-12(2)17-13(15-11)14-7-10-16-8-5-3-4-6-9-16/h3-10H2,1-2H3,(H,14,15). The molecular formula is C13H23N3S. The number of hydrogen-bond donors (Lipinski definition) is 1. The van der Waals surface area contributed by atoms with E-state index in [1.807, 2.05) is 0 Å². The van der Waals surface area contributed by atoms with E-state index in [4.69, 9.17) is 0 Å². The Morgan fingerprint density at radius 3 is 2.47 bits per heavy atom. The molecule has 17 heavy (non-hydrogen) atoms. The molecule has 2 rings (SSSR count). The van der Waals surface area contributed by atoms with Gasteiger partial charge >= 0.3 is 0 Å². The Labute approximate surface area is 108 Å². The predicted molar refractivity (Wildman–Crippen MR) is 75.0 cm³/mol. The molecule has 0 amide bonds. The molecular weight excluding hydrogens is 230 g/mol. The van der Waals surface area contributed by atoms with Gasteiger partial charge in [0.25, 0.3) is 0 Å². The molecule has 0 aromatic carbocycles. The Hall–Kier alpha value is -0.610. The average molecular weight is 253 g/mol. The Morgan fingerprint density at radius 1 is 1.18 bits per heavy atom. The fourth-order valence-corrected chi connectivity index (χ4v) is 3.07. The highest BCUT2D eigenvalue weighted by atomic mass is 32.1. The lowest BCUT2D eigenvalue weighted by Gasteiger charge is -2.19. The van der Waals surface area contributed by atoms with E-state index < -0.39 is 0 Å². The SMILES string of the molecule is Cc1nc(NCCN2CCCCCC2)sc1C. The van der Waals surface area contributed by atoms with E-state index in [2.05, 4.69) is 29.0 Å². The van der Waals surface area contributed by atoms with E-state index in [-0.39, 0.29) is 0 Å². The minimum Gasteiger partial charge on any atom is -0.360 e. The number of nitrogens with one attached hydrogen (secondary N) is 1. The number of thiazole rings is 1. The van der Waals surface area contributed by atoms with Crippen LogP contribution in [0.1, 0.15) is 36.3 Å². The number of hydrogen-bond acceptors (Lipinski definition) is 4. The molecule has 0 spiro atoms. The van der Waals surface area contributed by atoms with E-state index in [9.17, 15) is 0 Å². The molecule has 0 unspecified atom stereocenters. The van der Waals surface area contributed by atoms with Crippen molar-refractivity contribution in [1.82, 2.24) is 9.88 Å². The Kier molecular flexibility index (Phi) is 4.80. The summed E-state index contributed by atoms with van der Waals surface area (Å²) in [7, 11) is 0. The molecule has 96 valence electrons. The van der Waals surface area contributed by atoms with Crippen LogP contribution >= 0.6 is 11.3 Å². The molecule has 1 aliphatic heterocycles. The summed E-state index contributed by atoms with van der Waals surface area (Å²) in [5.74, 6) is 0. The molecule has 3 nitrogen and oxygen atoms in total.